The van der Waals surface area contributed by atoms with Gasteiger partial charge in [-0.3, -0.25) is 9.79 Å². The SMILES string of the molecule is COc1cc(C)c(S(=O)(=O)N(C)CCC(=O)N(C)Cc2ccc(C3=NCCN3)cc2)c(C)c1. The monoisotopic (exact) mass is 472 g/mol. The molecule has 0 saturated heterocycles. The number of methoxy groups -OCH3 is 1. The Balaban J connectivity index is 1.59. The first kappa shape index (κ1) is 24.7. The van der Waals surface area contributed by atoms with Crippen molar-refractivity contribution in [1.29, 1.82) is 0 Å². The highest BCUT2D eigenvalue weighted by Crippen LogP contribution is 2.27. The number of amidine groups is 1. The summed E-state index contributed by atoms with van der Waals surface area (Å²) in [6.07, 6.45) is 0.0965. The van der Waals surface area contributed by atoms with Crippen molar-refractivity contribution in [3.63, 3.8) is 0 Å². The van der Waals surface area contributed by atoms with E-state index in [1.54, 1.807) is 45.0 Å². The number of rotatable bonds is 9. The predicted molar refractivity (Wildman–Crippen MR) is 129 cm³/mol. The second-order valence-electron chi connectivity index (χ2n) is 8.27. The van der Waals surface area contributed by atoms with Crippen molar-refractivity contribution in [1.82, 2.24) is 14.5 Å². The van der Waals surface area contributed by atoms with Gasteiger partial charge < -0.3 is 15.0 Å². The predicted octanol–water partition coefficient (Wildman–Crippen LogP) is 2.33. The average Bonchev–Trinajstić information content (AvgIpc) is 3.31. The minimum Gasteiger partial charge on any atom is -0.497 e. The second-order valence-corrected chi connectivity index (χ2v) is 10.3. The number of hydrogen-bond acceptors (Lipinski definition) is 6. The molecule has 1 heterocycles. The van der Waals surface area contributed by atoms with Crippen LogP contribution in [0.2, 0.25) is 0 Å². The molecule has 0 aromatic heterocycles. The van der Waals surface area contributed by atoms with E-state index >= 15 is 0 Å². The van der Waals surface area contributed by atoms with Crippen LogP contribution in [0.15, 0.2) is 46.3 Å². The summed E-state index contributed by atoms with van der Waals surface area (Å²) >= 11 is 0. The maximum Gasteiger partial charge on any atom is 0.243 e. The molecule has 0 spiro atoms. The number of aryl methyl sites for hydroxylation is 2. The van der Waals surface area contributed by atoms with Gasteiger partial charge in [-0.25, -0.2) is 12.7 Å². The van der Waals surface area contributed by atoms with Crippen LogP contribution in [0.5, 0.6) is 5.75 Å². The molecule has 0 radical (unpaired) electrons. The van der Waals surface area contributed by atoms with Gasteiger partial charge in [0.1, 0.15) is 11.6 Å². The van der Waals surface area contributed by atoms with Gasteiger partial charge in [0.05, 0.1) is 18.6 Å². The summed E-state index contributed by atoms with van der Waals surface area (Å²) in [5, 5.41) is 3.24. The molecule has 178 valence electrons. The van der Waals surface area contributed by atoms with Crippen molar-refractivity contribution in [3.8, 4) is 5.75 Å². The number of aliphatic imine (C=N–C) groups is 1. The lowest BCUT2D eigenvalue weighted by atomic mass is 10.1. The van der Waals surface area contributed by atoms with Crippen molar-refractivity contribution in [2.45, 2.75) is 31.7 Å². The first-order valence-corrected chi connectivity index (χ1v) is 12.3. The van der Waals surface area contributed by atoms with Crippen LogP contribution in [0.1, 0.15) is 28.7 Å². The normalized spacial score (nSPS) is 13.6. The maximum absolute atomic E-state index is 13.1. The Labute approximate surface area is 196 Å². The molecule has 33 heavy (non-hydrogen) atoms. The van der Waals surface area contributed by atoms with Gasteiger partial charge in [-0.15, -0.1) is 0 Å². The van der Waals surface area contributed by atoms with Crippen LogP contribution >= 0.6 is 0 Å². The highest BCUT2D eigenvalue weighted by molar-refractivity contribution is 7.89. The zero-order valence-electron chi connectivity index (χ0n) is 19.9. The summed E-state index contributed by atoms with van der Waals surface area (Å²) in [5.74, 6) is 1.40. The second kappa shape index (κ2) is 10.4. The molecule has 0 bridgehead atoms. The van der Waals surface area contributed by atoms with Gasteiger partial charge in [-0.05, 0) is 42.7 Å². The van der Waals surface area contributed by atoms with Crippen LogP contribution in [0.4, 0.5) is 0 Å². The molecule has 0 unspecified atom stereocenters. The molecule has 1 aliphatic heterocycles. The smallest absolute Gasteiger partial charge is 0.243 e. The third kappa shape index (κ3) is 5.72. The highest BCUT2D eigenvalue weighted by atomic mass is 32.2. The summed E-state index contributed by atoms with van der Waals surface area (Å²) < 4.78 is 32.7. The first-order valence-electron chi connectivity index (χ1n) is 10.9. The van der Waals surface area contributed by atoms with Crippen molar-refractivity contribution in [2.75, 3.05) is 40.8 Å². The number of nitrogens with zero attached hydrogens (tertiary/aromatic N) is 3. The number of nitrogens with one attached hydrogen (secondary N) is 1. The summed E-state index contributed by atoms with van der Waals surface area (Å²) in [6.45, 7) is 5.69. The standard InChI is InChI=1S/C24H32N4O4S/c1-17-14-21(32-5)15-18(2)23(17)33(30,31)28(4)13-10-22(29)27(3)16-19-6-8-20(9-7-19)24-25-11-12-26-24/h6-9,14-15H,10-13,16H2,1-5H3,(H,25,26). The maximum atomic E-state index is 13.1. The van der Waals surface area contributed by atoms with Gasteiger partial charge in [-0.1, -0.05) is 24.3 Å². The van der Waals surface area contributed by atoms with E-state index in [1.807, 2.05) is 24.3 Å². The van der Waals surface area contributed by atoms with E-state index in [2.05, 4.69) is 10.3 Å². The van der Waals surface area contributed by atoms with Gasteiger partial charge in [0.15, 0.2) is 0 Å². The lowest BCUT2D eigenvalue weighted by Crippen LogP contribution is -2.34. The van der Waals surface area contributed by atoms with Crippen molar-refractivity contribution in [3.05, 3.63) is 58.7 Å². The molecule has 1 aliphatic rings. The fourth-order valence-electron chi connectivity index (χ4n) is 3.88. The van der Waals surface area contributed by atoms with E-state index in [4.69, 9.17) is 4.74 Å². The van der Waals surface area contributed by atoms with Crippen LogP contribution in [-0.4, -0.2) is 70.2 Å². The fourth-order valence-corrected chi connectivity index (χ4v) is 5.45. The molecule has 2 aromatic rings. The number of sulfonamides is 1. The summed E-state index contributed by atoms with van der Waals surface area (Å²) in [5.41, 5.74) is 3.26. The zero-order chi connectivity index (χ0) is 24.2. The molecular formula is C24H32N4O4S. The number of ether oxygens (including phenoxy) is 1. The molecule has 0 aliphatic carbocycles. The Morgan fingerprint density at radius 2 is 1.76 bits per heavy atom. The van der Waals surface area contributed by atoms with E-state index < -0.39 is 10.0 Å². The molecular weight excluding hydrogens is 440 g/mol. The third-order valence-corrected chi connectivity index (χ3v) is 7.89. The Bertz CT molecular complexity index is 1120. The van der Waals surface area contributed by atoms with Gasteiger partial charge >= 0.3 is 0 Å². The van der Waals surface area contributed by atoms with Gasteiger partial charge in [0.2, 0.25) is 15.9 Å². The molecule has 2 aromatic carbocycles. The average molecular weight is 473 g/mol. The van der Waals surface area contributed by atoms with Crippen LogP contribution < -0.4 is 10.1 Å². The number of hydrogen-bond donors (Lipinski definition) is 1. The molecule has 9 heteroatoms. The number of carbonyl (C=O) groups is 1. The lowest BCUT2D eigenvalue weighted by molar-refractivity contribution is -0.130. The third-order valence-electron chi connectivity index (χ3n) is 5.73. The first-order chi connectivity index (χ1) is 15.6. The Kier molecular flexibility index (Phi) is 7.76. The van der Waals surface area contributed by atoms with Gasteiger partial charge in [-0.2, -0.15) is 0 Å². The number of benzene rings is 2. The molecule has 1 amide bonds. The Hall–Kier alpha value is -2.91. The lowest BCUT2D eigenvalue weighted by Gasteiger charge is -2.22. The van der Waals surface area contributed by atoms with Crippen LogP contribution in [0.3, 0.4) is 0 Å². The molecule has 1 N–H and O–H groups in total. The van der Waals surface area contributed by atoms with Gasteiger partial charge in [0.25, 0.3) is 0 Å². The minimum absolute atomic E-state index is 0.0965. The highest BCUT2D eigenvalue weighted by Gasteiger charge is 2.26. The van der Waals surface area contributed by atoms with E-state index in [-0.39, 0.29) is 23.8 Å². The van der Waals surface area contributed by atoms with Crippen LogP contribution in [0, 0.1) is 13.8 Å². The van der Waals surface area contributed by atoms with E-state index in [1.165, 1.54) is 11.4 Å². The number of amides is 1. The fraction of sp³-hybridized carbons (Fsp3) is 0.417. The van der Waals surface area contributed by atoms with E-state index in [0.717, 1.165) is 30.1 Å². The van der Waals surface area contributed by atoms with Crippen molar-refractivity contribution < 1.29 is 17.9 Å². The summed E-state index contributed by atoms with van der Waals surface area (Å²) in [6, 6.07) is 11.3. The van der Waals surface area contributed by atoms with Crippen molar-refractivity contribution >= 4 is 21.8 Å². The van der Waals surface area contributed by atoms with Gasteiger partial charge in [0, 0.05) is 45.7 Å². The Morgan fingerprint density at radius 3 is 2.30 bits per heavy atom. The summed E-state index contributed by atoms with van der Waals surface area (Å²) in [7, 11) is 1.05. The molecule has 3 rings (SSSR count). The molecule has 0 fully saturated rings. The molecule has 0 atom stereocenters. The Morgan fingerprint density at radius 1 is 1.12 bits per heavy atom. The number of carbonyl (C=O) groups excluding carboxylic acids is 1. The zero-order valence-corrected chi connectivity index (χ0v) is 20.7. The van der Waals surface area contributed by atoms with Crippen LogP contribution in [0.25, 0.3) is 0 Å². The largest absolute Gasteiger partial charge is 0.497 e. The topological polar surface area (TPSA) is 91.3 Å². The van der Waals surface area contributed by atoms with Crippen LogP contribution in [-0.2, 0) is 21.4 Å². The van der Waals surface area contributed by atoms with E-state index in [0.29, 0.717) is 23.4 Å². The quantitative estimate of drug-likeness (QED) is 0.605. The molecule has 0 saturated carbocycles. The molecule has 8 nitrogen and oxygen atoms in total. The van der Waals surface area contributed by atoms with Crippen molar-refractivity contribution in [2.24, 2.45) is 4.99 Å². The minimum atomic E-state index is -3.73. The summed E-state index contributed by atoms with van der Waals surface area (Å²) in [4.78, 5) is 18.9. The van der Waals surface area contributed by atoms with E-state index in [9.17, 15) is 13.2 Å².